The predicted octanol–water partition coefficient (Wildman–Crippen LogP) is 6.91. The molecule has 0 radical (unpaired) electrons. The third-order valence-corrected chi connectivity index (χ3v) is 7.76. The van der Waals surface area contributed by atoms with Gasteiger partial charge >= 0.3 is 0 Å². The van der Waals surface area contributed by atoms with E-state index in [0.717, 1.165) is 11.9 Å². The summed E-state index contributed by atoms with van der Waals surface area (Å²) < 4.78 is 2.47. The maximum absolute atomic E-state index is 5.13. The van der Waals surface area contributed by atoms with Crippen LogP contribution in [0.15, 0.2) is 85.1 Å². The zero-order valence-electron chi connectivity index (χ0n) is 18.2. The summed E-state index contributed by atoms with van der Waals surface area (Å²) in [6, 6.07) is 20.6. The van der Waals surface area contributed by atoms with Gasteiger partial charge < -0.3 is 9.47 Å². The third-order valence-electron chi connectivity index (χ3n) is 7.76. The van der Waals surface area contributed by atoms with E-state index in [-0.39, 0.29) is 0 Å². The second kappa shape index (κ2) is 7.09. The van der Waals surface area contributed by atoms with Crippen LogP contribution < -0.4 is 4.90 Å². The van der Waals surface area contributed by atoms with Gasteiger partial charge in [0.2, 0.25) is 0 Å². The van der Waals surface area contributed by atoms with E-state index in [9.17, 15) is 0 Å². The van der Waals surface area contributed by atoms with Gasteiger partial charge in [-0.3, -0.25) is 4.98 Å². The minimum Gasteiger partial charge on any atom is -0.360 e. The third kappa shape index (κ3) is 2.51. The van der Waals surface area contributed by atoms with Gasteiger partial charge in [-0.1, -0.05) is 73.5 Å². The van der Waals surface area contributed by atoms with Gasteiger partial charge in [0.05, 0.1) is 34.5 Å². The first-order chi connectivity index (χ1) is 15.9. The van der Waals surface area contributed by atoms with E-state index in [4.69, 9.17) is 4.98 Å². The zero-order chi connectivity index (χ0) is 21.1. The molecule has 3 atom stereocenters. The molecule has 2 aliphatic carbocycles. The first-order valence-electron chi connectivity index (χ1n) is 12.0. The van der Waals surface area contributed by atoms with E-state index in [0.29, 0.717) is 18.0 Å². The average Bonchev–Trinajstić information content (AvgIpc) is 3.38. The fourth-order valence-electron chi connectivity index (χ4n) is 6.49. The smallest absolute Gasteiger partial charge is 0.0968 e. The molecule has 3 heterocycles. The van der Waals surface area contributed by atoms with Crippen LogP contribution in [0, 0.1) is 0 Å². The maximum Gasteiger partial charge on any atom is 0.0968 e. The molecule has 3 aliphatic rings. The molecule has 7 rings (SSSR count). The number of allylic oxidation sites excluding steroid dienone is 2. The number of para-hydroxylation sites is 2. The molecule has 1 saturated carbocycles. The van der Waals surface area contributed by atoms with Gasteiger partial charge in [0.15, 0.2) is 0 Å². The highest BCUT2D eigenvalue weighted by atomic mass is 15.2. The van der Waals surface area contributed by atoms with Crippen molar-refractivity contribution >= 4 is 27.6 Å². The second-order valence-corrected chi connectivity index (χ2v) is 9.42. The summed E-state index contributed by atoms with van der Waals surface area (Å²) in [5, 5.41) is 1.25. The normalized spacial score (nSPS) is 24.2. The minimum absolute atomic E-state index is 0.431. The molecule has 2 aromatic heterocycles. The van der Waals surface area contributed by atoms with E-state index < -0.39 is 0 Å². The van der Waals surface area contributed by atoms with Crippen LogP contribution in [-0.2, 0) is 0 Å². The Kier molecular flexibility index (Phi) is 4.05. The van der Waals surface area contributed by atoms with Crippen molar-refractivity contribution in [2.75, 3.05) is 4.90 Å². The zero-order valence-corrected chi connectivity index (χ0v) is 18.2. The summed E-state index contributed by atoms with van der Waals surface area (Å²) in [4.78, 5) is 7.85. The van der Waals surface area contributed by atoms with Crippen LogP contribution in [0.1, 0.15) is 43.6 Å². The van der Waals surface area contributed by atoms with Crippen LogP contribution in [0.25, 0.3) is 27.6 Å². The number of fused-ring (bicyclic) bond motifs is 7. The Hall–Kier alpha value is -3.33. The molecule has 3 nitrogen and oxygen atoms in total. The van der Waals surface area contributed by atoms with Crippen molar-refractivity contribution in [1.29, 1.82) is 0 Å². The van der Waals surface area contributed by atoms with E-state index in [2.05, 4.69) is 94.6 Å². The molecule has 1 aliphatic heterocycles. The number of pyridine rings is 1. The summed E-state index contributed by atoms with van der Waals surface area (Å²) in [5.41, 5.74) is 7.83. The SMILES string of the molecule is C1=CCC(N2c3cnc4c5ccccc5n(-c5ccccc5)c4c3C3CCCCC32)C=C1. The van der Waals surface area contributed by atoms with Crippen LogP contribution in [-0.4, -0.2) is 21.6 Å². The van der Waals surface area contributed by atoms with Gasteiger partial charge in [0.1, 0.15) is 0 Å². The van der Waals surface area contributed by atoms with Crippen molar-refractivity contribution in [2.24, 2.45) is 0 Å². The highest BCUT2D eigenvalue weighted by Crippen LogP contribution is 2.52. The number of anilines is 1. The second-order valence-electron chi connectivity index (χ2n) is 9.42. The highest BCUT2D eigenvalue weighted by Gasteiger charge is 2.44. The Morgan fingerprint density at radius 3 is 2.59 bits per heavy atom. The maximum atomic E-state index is 5.13. The lowest BCUT2D eigenvalue weighted by molar-refractivity contribution is 0.377. The Bertz CT molecular complexity index is 1380. The number of hydrogen-bond donors (Lipinski definition) is 0. The lowest BCUT2D eigenvalue weighted by Gasteiger charge is -2.38. The topological polar surface area (TPSA) is 21.1 Å². The average molecular weight is 418 g/mol. The fraction of sp³-hybridized carbons (Fsp3) is 0.276. The van der Waals surface area contributed by atoms with Crippen LogP contribution in [0.3, 0.4) is 0 Å². The van der Waals surface area contributed by atoms with Crippen molar-refractivity contribution in [3.63, 3.8) is 0 Å². The molecule has 1 fully saturated rings. The molecular formula is C29H27N3. The standard InChI is InChI=1S/C29H27N3/c1-3-11-20(12-4-1)31-24-17-9-7-15-22(24)27-26(31)19-30-28-23-16-8-10-18-25(23)32(29(27)28)21-13-5-2-6-14-21/h1-6,8,10-11,13-14,16,18-20,22,24H,7,9,12,15,17H2. The van der Waals surface area contributed by atoms with Crippen molar-refractivity contribution in [2.45, 2.75) is 50.1 Å². The minimum atomic E-state index is 0.431. The first kappa shape index (κ1) is 18.3. The van der Waals surface area contributed by atoms with Crippen LogP contribution >= 0.6 is 0 Å². The molecule has 3 heteroatoms. The molecule has 0 N–H and O–H groups in total. The molecule has 0 spiro atoms. The van der Waals surface area contributed by atoms with E-state index in [1.54, 1.807) is 0 Å². The molecule has 3 unspecified atom stereocenters. The molecule has 0 amide bonds. The summed E-state index contributed by atoms with van der Waals surface area (Å²) >= 11 is 0. The van der Waals surface area contributed by atoms with E-state index >= 15 is 0 Å². The van der Waals surface area contributed by atoms with Crippen molar-refractivity contribution < 1.29 is 0 Å². The lowest BCUT2D eigenvalue weighted by Crippen LogP contribution is -2.42. The summed E-state index contributed by atoms with van der Waals surface area (Å²) in [6.07, 6.45) is 17.6. The van der Waals surface area contributed by atoms with Gasteiger partial charge in [-0.2, -0.15) is 0 Å². The summed E-state index contributed by atoms with van der Waals surface area (Å²) in [5.74, 6) is 0.579. The molecule has 4 aromatic rings. The molecular weight excluding hydrogens is 390 g/mol. The van der Waals surface area contributed by atoms with Gasteiger partial charge in [-0.25, -0.2) is 0 Å². The predicted molar refractivity (Wildman–Crippen MR) is 133 cm³/mol. The van der Waals surface area contributed by atoms with Gasteiger partial charge in [-0.15, -0.1) is 0 Å². The van der Waals surface area contributed by atoms with E-state index in [1.165, 1.54) is 59.0 Å². The van der Waals surface area contributed by atoms with Crippen LogP contribution in [0.5, 0.6) is 0 Å². The Balaban J connectivity index is 1.56. The monoisotopic (exact) mass is 417 g/mol. The summed E-state index contributed by atoms with van der Waals surface area (Å²) in [7, 11) is 0. The van der Waals surface area contributed by atoms with Crippen molar-refractivity contribution in [3.8, 4) is 5.69 Å². The molecule has 32 heavy (non-hydrogen) atoms. The lowest BCUT2D eigenvalue weighted by atomic mass is 9.82. The van der Waals surface area contributed by atoms with Crippen LogP contribution in [0.4, 0.5) is 5.69 Å². The molecule has 0 bridgehead atoms. The van der Waals surface area contributed by atoms with E-state index in [1.807, 2.05) is 0 Å². The number of hydrogen-bond acceptors (Lipinski definition) is 2. The van der Waals surface area contributed by atoms with Gasteiger partial charge in [0, 0.05) is 28.6 Å². The van der Waals surface area contributed by atoms with Crippen molar-refractivity contribution in [3.05, 3.63) is 90.7 Å². The largest absolute Gasteiger partial charge is 0.360 e. The molecule has 0 saturated heterocycles. The van der Waals surface area contributed by atoms with Gasteiger partial charge in [-0.05, 0) is 37.5 Å². The fourth-order valence-corrected chi connectivity index (χ4v) is 6.49. The molecule has 158 valence electrons. The first-order valence-corrected chi connectivity index (χ1v) is 12.0. The summed E-state index contributed by atoms with van der Waals surface area (Å²) in [6.45, 7) is 0. The van der Waals surface area contributed by atoms with Crippen LogP contribution in [0.2, 0.25) is 0 Å². The van der Waals surface area contributed by atoms with Crippen molar-refractivity contribution in [1.82, 2.24) is 9.55 Å². The van der Waals surface area contributed by atoms with Gasteiger partial charge in [0.25, 0.3) is 0 Å². The number of rotatable bonds is 2. The quantitative estimate of drug-likeness (QED) is 0.353. The Morgan fingerprint density at radius 1 is 0.875 bits per heavy atom. The Labute approximate surface area is 188 Å². The number of benzene rings is 2. The number of nitrogens with zero attached hydrogens (tertiary/aromatic N) is 3. The number of aromatic nitrogens is 2. The highest BCUT2D eigenvalue weighted by molar-refractivity contribution is 6.09. The molecule has 2 aromatic carbocycles. The Morgan fingerprint density at radius 2 is 1.72 bits per heavy atom.